The highest BCUT2D eigenvalue weighted by Crippen LogP contribution is 2.25. The van der Waals surface area contributed by atoms with Gasteiger partial charge in [-0.05, 0) is 37.3 Å². The lowest BCUT2D eigenvalue weighted by molar-refractivity contribution is 0.102. The Labute approximate surface area is 124 Å². The Morgan fingerprint density at radius 1 is 1.30 bits per heavy atom. The molecular weight excluding hydrogens is 325 g/mol. The Balaban J connectivity index is 2.31. The zero-order chi connectivity index (χ0) is 14.7. The lowest BCUT2D eigenvalue weighted by Crippen LogP contribution is -2.14. The maximum absolute atomic E-state index is 13.4. The van der Waals surface area contributed by atoms with Gasteiger partial charge in [-0.3, -0.25) is 4.79 Å². The highest BCUT2D eigenvalue weighted by molar-refractivity contribution is 9.10. The van der Waals surface area contributed by atoms with E-state index in [1.54, 1.807) is 37.3 Å². The molecule has 1 amide bonds. The maximum Gasteiger partial charge on any atom is 0.259 e. The van der Waals surface area contributed by atoms with Crippen molar-refractivity contribution in [3.05, 3.63) is 57.8 Å². The second-order valence-electron chi connectivity index (χ2n) is 4.21. The molecule has 3 nitrogen and oxygen atoms in total. The average molecular weight is 338 g/mol. The Hall–Kier alpha value is -1.88. The molecule has 1 N–H and O–H groups in total. The van der Waals surface area contributed by atoms with Crippen LogP contribution in [-0.4, -0.2) is 13.0 Å². The van der Waals surface area contributed by atoms with Crippen molar-refractivity contribution < 1.29 is 13.9 Å². The lowest BCUT2D eigenvalue weighted by atomic mass is 10.1. The summed E-state index contributed by atoms with van der Waals surface area (Å²) >= 11 is 3.31. The third-order valence-corrected chi connectivity index (χ3v) is 3.42. The highest BCUT2D eigenvalue weighted by Gasteiger charge is 2.14. The number of carbonyl (C=O) groups is 1. The van der Waals surface area contributed by atoms with Gasteiger partial charge in [-0.1, -0.05) is 22.0 Å². The van der Waals surface area contributed by atoms with Gasteiger partial charge in [0, 0.05) is 15.7 Å². The number of methoxy groups -OCH3 is 1. The standard InChI is InChI=1S/C15H13BrFNO2/c1-9-12(17)4-3-5-13(9)18-15(19)11-7-6-10(16)8-14(11)20-2/h3-8H,1-2H3,(H,18,19). The first-order valence-electron chi connectivity index (χ1n) is 5.93. The summed E-state index contributed by atoms with van der Waals surface area (Å²) in [5.41, 5.74) is 1.23. The van der Waals surface area contributed by atoms with E-state index < -0.39 is 0 Å². The van der Waals surface area contributed by atoms with Crippen molar-refractivity contribution in [3.8, 4) is 5.75 Å². The number of amides is 1. The van der Waals surface area contributed by atoms with E-state index in [0.29, 0.717) is 22.6 Å². The van der Waals surface area contributed by atoms with E-state index in [1.165, 1.54) is 13.2 Å². The number of ether oxygens (including phenoxy) is 1. The first kappa shape index (κ1) is 14.5. The van der Waals surface area contributed by atoms with Crippen LogP contribution >= 0.6 is 15.9 Å². The van der Waals surface area contributed by atoms with Crippen LogP contribution in [-0.2, 0) is 0 Å². The smallest absolute Gasteiger partial charge is 0.259 e. The fourth-order valence-corrected chi connectivity index (χ4v) is 2.13. The van der Waals surface area contributed by atoms with Crippen LogP contribution in [0.15, 0.2) is 40.9 Å². The first-order chi connectivity index (χ1) is 9.52. The number of anilines is 1. The van der Waals surface area contributed by atoms with E-state index in [1.807, 2.05) is 0 Å². The molecule has 0 saturated heterocycles. The van der Waals surface area contributed by atoms with Gasteiger partial charge in [0.15, 0.2) is 0 Å². The molecule has 2 aromatic rings. The molecular formula is C15H13BrFNO2. The van der Waals surface area contributed by atoms with E-state index in [-0.39, 0.29) is 11.7 Å². The highest BCUT2D eigenvalue weighted by atomic mass is 79.9. The minimum Gasteiger partial charge on any atom is -0.496 e. The number of benzene rings is 2. The van der Waals surface area contributed by atoms with Crippen LogP contribution in [0.2, 0.25) is 0 Å². The van der Waals surface area contributed by atoms with Crippen LogP contribution in [0.3, 0.4) is 0 Å². The maximum atomic E-state index is 13.4. The van der Waals surface area contributed by atoms with E-state index in [2.05, 4.69) is 21.2 Å². The number of halogens is 2. The molecule has 2 rings (SSSR count). The van der Waals surface area contributed by atoms with Crippen molar-refractivity contribution in [2.24, 2.45) is 0 Å². The summed E-state index contributed by atoms with van der Waals surface area (Å²) in [7, 11) is 1.49. The molecule has 20 heavy (non-hydrogen) atoms. The molecule has 0 aromatic heterocycles. The summed E-state index contributed by atoms with van der Waals surface area (Å²) in [6, 6.07) is 9.65. The monoisotopic (exact) mass is 337 g/mol. The van der Waals surface area contributed by atoms with Gasteiger partial charge in [0.25, 0.3) is 5.91 Å². The Morgan fingerprint density at radius 3 is 2.75 bits per heavy atom. The molecule has 0 unspecified atom stereocenters. The fourth-order valence-electron chi connectivity index (χ4n) is 1.79. The van der Waals surface area contributed by atoms with E-state index in [0.717, 1.165) is 4.47 Å². The van der Waals surface area contributed by atoms with Crippen molar-refractivity contribution >= 4 is 27.5 Å². The van der Waals surface area contributed by atoms with Gasteiger partial charge in [-0.15, -0.1) is 0 Å². The van der Waals surface area contributed by atoms with Gasteiger partial charge in [0.1, 0.15) is 11.6 Å². The summed E-state index contributed by atoms with van der Waals surface area (Å²) in [6.07, 6.45) is 0. The number of hydrogen-bond donors (Lipinski definition) is 1. The minimum atomic E-state index is -0.356. The van der Waals surface area contributed by atoms with E-state index in [4.69, 9.17) is 4.74 Å². The van der Waals surface area contributed by atoms with Gasteiger partial charge in [0.2, 0.25) is 0 Å². The van der Waals surface area contributed by atoms with Gasteiger partial charge in [-0.2, -0.15) is 0 Å². The summed E-state index contributed by atoms with van der Waals surface area (Å²) in [4.78, 5) is 12.2. The van der Waals surface area contributed by atoms with Crippen LogP contribution in [0.4, 0.5) is 10.1 Å². The van der Waals surface area contributed by atoms with Crippen LogP contribution in [0.25, 0.3) is 0 Å². The molecule has 0 spiro atoms. The Kier molecular flexibility index (Phi) is 4.39. The number of carbonyl (C=O) groups excluding carboxylic acids is 1. The second-order valence-corrected chi connectivity index (χ2v) is 5.13. The normalized spacial score (nSPS) is 10.2. The number of nitrogens with one attached hydrogen (secondary N) is 1. The Bertz CT molecular complexity index is 658. The molecule has 0 bridgehead atoms. The van der Waals surface area contributed by atoms with Crippen LogP contribution < -0.4 is 10.1 Å². The van der Waals surface area contributed by atoms with Crippen molar-refractivity contribution in [1.29, 1.82) is 0 Å². The minimum absolute atomic E-state index is 0.344. The molecule has 104 valence electrons. The predicted molar refractivity (Wildman–Crippen MR) is 79.8 cm³/mol. The molecule has 0 atom stereocenters. The second kappa shape index (κ2) is 6.05. The van der Waals surface area contributed by atoms with Gasteiger partial charge >= 0.3 is 0 Å². The molecule has 0 fully saturated rings. The molecule has 0 radical (unpaired) electrons. The fraction of sp³-hybridized carbons (Fsp3) is 0.133. The predicted octanol–water partition coefficient (Wildman–Crippen LogP) is 4.16. The third-order valence-electron chi connectivity index (χ3n) is 2.92. The van der Waals surface area contributed by atoms with Crippen molar-refractivity contribution in [2.45, 2.75) is 6.92 Å². The topological polar surface area (TPSA) is 38.3 Å². The molecule has 0 heterocycles. The third kappa shape index (κ3) is 2.99. The van der Waals surface area contributed by atoms with Crippen LogP contribution in [0.1, 0.15) is 15.9 Å². The van der Waals surface area contributed by atoms with Gasteiger partial charge in [0.05, 0.1) is 12.7 Å². The summed E-state index contributed by atoms with van der Waals surface area (Å²) in [5, 5.41) is 2.69. The van der Waals surface area contributed by atoms with Crippen molar-refractivity contribution in [1.82, 2.24) is 0 Å². The molecule has 0 aliphatic carbocycles. The van der Waals surface area contributed by atoms with Gasteiger partial charge < -0.3 is 10.1 Å². The lowest BCUT2D eigenvalue weighted by Gasteiger charge is -2.11. The quantitative estimate of drug-likeness (QED) is 0.913. The zero-order valence-corrected chi connectivity index (χ0v) is 12.6. The van der Waals surface area contributed by atoms with Gasteiger partial charge in [-0.25, -0.2) is 4.39 Å². The largest absolute Gasteiger partial charge is 0.496 e. The molecule has 5 heteroatoms. The molecule has 0 aliphatic heterocycles. The van der Waals surface area contributed by atoms with Crippen LogP contribution in [0.5, 0.6) is 5.75 Å². The number of rotatable bonds is 3. The summed E-state index contributed by atoms with van der Waals surface area (Å²) in [6.45, 7) is 1.61. The van der Waals surface area contributed by atoms with Crippen molar-refractivity contribution in [2.75, 3.05) is 12.4 Å². The Morgan fingerprint density at radius 2 is 2.05 bits per heavy atom. The zero-order valence-electron chi connectivity index (χ0n) is 11.0. The molecule has 0 aliphatic rings. The SMILES string of the molecule is COc1cc(Br)ccc1C(=O)Nc1cccc(F)c1C. The number of hydrogen-bond acceptors (Lipinski definition) is 2. The average Bonchev–Trinajstić information content (AvgIpc) is 2.43. The molecule has 0 saturated carbocycles. The summed E-state index contributed by atoms with van der Waals surface area (Å²) < 4.78 is 19.4. The summed E-state index contributed by atoms with van der Waals surface area (Å²) in [5.74, 6) is -0.250. The van der Waals surface area contributed by atoms with Crippen molar-refractivity contribution in [3.63, 3.8) is 0 Å². The van der Waals surface area contributed by atoms with Crippen LogP contribution in [0, 0.1) is 12.7 Å². The van der Waals surface area contributed by atoms with E-state index >= 15 is 0 Å². The molecule has 2 aromatic carbocycles. The first-order valence-corrected chi connectivity index (χ1v) is 6.72. The van der Waals surface area contributed by atoms with E-state index in [9.17, 15) is 9.18 Å².